The average molecular weight is 185 g/mol. The molecule has 1 heterocycles. The molecule has 0 radical (unpaired) electrons. The second-order valence-electron chi connectivity index (χ2n) is 3.08. The summed E-state index contributed by atoms with van der Waals surface area (Å²) in [7, 11) is 0. The Hall–Kier alpha value is -2.03. The maximum Gasteiger partial charge on any atom is 0.124 e. The van der Waals surface area contributed by atoms with E-state index in [1.54, 1.807) is 6.20 Å². The van der Waals surface area contributed by atoms with Crippen molar-refractivity contribution in [2.75, 3.05) is 5.32 Å². The summed E-state index contributed by atoms with van der Waals surface area (Å²) in [5.74, 6) is 0.0709. The lowest BCUT2D eigenvalue weighted by Gasteiger charge is -2.02. The zero-order valence-corrected chi connectivity index (χ0v) is 7.62. The summed E-state index contributed by atoms with van der Waals surface area (Å²) in [6.45, 7) is 0. The monoisotopic (exact) mass is 185 g/mol. The lowest BCUT2D eigenvalue weighted by molar-refractivity contribution is 1.43. The highest BCUT2D eigenvalue weighted by Gasteiger charge is 2.03. The number of fused-ring (bicyclic) bond motifs is 1. The fourth-order valence-electron chi connectivity index (χ4n) is 1.32. The molecule has 0 unspecified atom stereocenters. The molecule has 0 aliphatic carbocycles. The van der Waals surface area contributed by atoms with Crippen LogP contribution in [0.3, 0.4) is 0 Å². The number of amidine groups is 1. The molecule has 14 heavy (non-hydrogen) atoms. The molecule has 0 atom stereocenters. The molecule has 70 valence electrons. The molecule has 0 spiro atoms. The number of para-hydroxylation sites is 1. The summed E-state index contributed by atoms with van der Waals surface area (Å²) >= 11 is 0. The minimum Gasteiger partial charge on any atom is -0.384 e. The number of nitrogens with one attached hydrogen (secondary N) is 2. The van der Waals surface area contributed by atoms with Crippen molar-refractivity contribution in [3.05, 3.63) is 47.7 Å². The van der Waals surface area contributed by atoms with Crippen molar-refractivity contribution >= 4 is 17.6 Å². The SMILES string of the molecule is N=C(N)C1=CNc2ccccc2C=C1. The van der Waals surface area contributed by atoms with Crippen LogP contribution in [0.15, 0.2) is 42.1 Å². The quantitative estimate of drug-likeness (QED) is 0.462. The van der Waals surface area contributed by atoms with E-state index in [-0.39, 0.29) is 5.84 Å². The van der Waals surface area contributed by atoms with Gasteiger partial charge in [0.2, 0.25) is 0 Å². The number of anilines is 1. The van der Waals surface area contributed by atoms with Crippen molar-refractivity contribution in [3.8, 4) is 0 Å². The Balaban J connectivity index is 2.41. The van der Waals surface area contributed by atoms with E-state index in [4.69, 9.17) is 11.1 Å². The zero-order valence-electron chi connectivity index (χ0n) is 7.62. The van der Waals surface area contributed by atoms with Crippen LogP contribution in [0.1, 0.15) is 5.56 Å². The van der Waals surface area contributed by atoms with Crippen molar-refractivity contribution in [1.29, 1.82) is 5.41 Å². The van der Waals surface area contributed by atoms with Gasteiger partial charge in [-0.15, -0.1) is 0 Å². The predicted octanol–water partition coefficient (Wildman–Crippen LogP) is 1.95. The molecule has 0 aromatic heterocycles. The number of hydrogen-bond donors (Lipinski definition) is 3. The molecular weight excluding hydrogens is 174 g/mol. The minimum absolute atomic E-state index is 0.0709. The van der Waals surface area contributed by atoms with Crippen LogP contribution in [0.5, 0.6) is 0 Å². The molecule has 4 N–H and O–H groups in total. The standard InChI is InChI=1S/C11H11N3/c12-11(13)9-6-5-8-3-1-2-4-10(8)14-7-9/h1-7,14H,(H3,12,13). The van der Waals surface area contributed by atoms with E-state index in [1.807, 2.05) is 36.4 Å². The van der Waals surface area contributed by atoms with E-state index < -0.39 is 0 Å². The number of benzene rings is 1. The first-order valence-corrected chi connectivity index (χ1v) is 4.35. The molecule has 1 aromatic carbocycles. The van der Waals surface area contributed by atoms with Crippen LogP contribution in [0.4, 0.5) is 5.69 Å². The van der Waals surface area contributed by atoms with E-state index >= 15 is 0 Å². The van der Waals surface area contributed by atoms with Crippen LogP contribution < -0.4 is 11.1 Å². The highest BCUT2D eigenvalue weighted by atomic mass is 14.9. The van der Waals surface area contributed by atoms with E-state index in [0.717, 1.165) is 11.3 Å². The largest absolute Gasteiger partial charge is 0.384 e. The van der Waals surface area contributed by atoms with Crippen molar-refractivity contribution in [2.24, 2.45) is 5.73 Å². The Morgan fingerprint density at radius 2 is 2.00 bits per heavy atom. The van der Waals surface area contributed by atoms with Crippen molar-refractivity contribution < 1.29 is 0 Å². The number of rotatable bonds is 1. The Kier molecular flexibility index (Phi) is 2.07. The van der Waals surface area contributed by atoms with Gasteiger partial charge in [0.05, 0.1) is 0 Å². The van der Waals surface area contributed by atoms with Gasteiger partial charge >= 0.3 is 0 Å². The molecule has 0 bridgehead atoms. The summed E-state index contributed by atoms with van der Waals surface area (Å²) in [5, 5.41) is 10.4. The first kappa shape index (κ1) is 8.56. The van der Waals surface area contributed by atoms with Crippen molar-refractivity contribution in [2.45, 2.75) is 0 Å². The second-order valence-corrected chi connectivity index (χ2v) is 3.08. The molecule has 2 rings (SSSR count). The Bertz CT molecular complexity index is 430. The Morgan fingerprint density at radius 3 is 2.79 bits per heavy atom. The molecular formula is C11H11N3. The second kappa shape index (κ2) is 3.38. The van der Waals surface area contributed by atoms with Crippen LogP contribution in [0, 0.1) is 5.41 Å². The molecule has 1 aliphatic heterocycles. The fourth-order valence-corrected chi connectivity index (χ4v) is 1.32. The molecule has 0 fully saturated rings. The highest BCUT2D eigenvalue weighted by Crippen LogP contribution is 2.20. The van der Waals surface area contributed by atoms with Gasteiger partial charge in [-0.1, -0.05) is 24.3 Å². The molecule has 3 nitrogen and oxygen atoms in total. The van der Waals surface area contributed by atoms with Gasteiger partial charge in [0.25, 0.3) is 0 Å². The number of hydrogen-bond acceptors (Lipinski definition) is 2. The smallest absolute Gasteiger partial charge is 0.124 e. The lowest BCUT2D eigenvalue weighted by atomic mass is 10.1. The summed E-state index contributed by atoms with van der Waals surface area (Å²) < 4.78 is 0. The number of nitrogens with two attached hydrogens (primary N) is 1. The summed E-state index contributed by atoms with van der Waals surface area (Å²) in [6.07, 6.45) is 5.52. The van der Waals surface area contributed by atoms with Gasteiger partial charge in [0.1, 0.15) is 5.84 Å². The van der Waals surface area contributed by atoms with E-state index in [0.29, 0.717) is 5.57 Å². The van der Waals surface area contributed by atoms with Gasteiger partial charge in [-0.3, -0.25) is 5.41 Å². The molecule has 0 saturated heterocycles. The van der Waals surface area contributed by atoms with Crippen LogP contribution in [-0.2, 0) is 0 Å². The average Bonchev–Trinajstić information content (AvgIpc) is 2.39. The van der Waals surface area contributed by atoms with E-state index in [2.05, 4.69) is 5.32 Å². The predicted molar refractivity (Wildman–Crippen MR) is 59.1 cm³/mol. The normalized spacial score (nSPS) is 13.6. The van der Waals surface area contributed by atoms with Gasteiger partial charge in [-0.2, -0.15) is 0 Å². The van der Waals surface area contributed by atoms with Crippen molar-refractivity contribution in [3.63, 3.8) is 0 Å². The maximum absolute atomic E-state index is 7.31. The fraction of sp³-hybridized carbons (Fsp3) is 0. The lowest BCUT2D eigenvalue weighted by Crippen LogP contribution is -2.12. The van der Waals surface area contributed by atoms with Crippen LogP contribution in [0.25, 0.3) is 6.08 Å². The summed E-state index contributed by atoms with van der Waals surface area (Å²) in [5.41, 5.74) is 8.22. The van der Waals surface area contributed by atoms with Crippen LogP contribution in [-0.4, -0.2) is 5.84 Å². The maximum atomic E-state index is 7.31. The third kappa shape index (κ3) is 1.52. The van der Waals surface area contributed by atoms with Crippen LogP contribution in [0.2, 0.25) is 0 Å². The molecule has 1 aromatic rings. The van der Waals surface area contributed by atoms with Gasteiger partial charge in [-0.25, -0.2) is 0 Å². The van der Waals surface area contributed by atoms with Gasteiger partial charge in [0.15, 0.2) is 0 Å². The van der Waals surface area contributed by atoms with E-state index in [9.17, 15) is 0 Å². The third-order valence-corrected chi connectivity index (χ3v) is 2.10. The van der Waals surface area contributed by atoms with Crippen molar-refractivity contribution in [1.82, 2.24) is 0 Å². The first-order valence-electron chi connectivity index (χ1n) is 4.35. The topological polar surface area (TPSA) is 61.9 Å². The molecule has 0 amide bonds. The summed E-state index contributed by atoms with van der Waals surface area (Å²) in [6, 6.07) is 7.94. The highest BCUT2D eigenvalue weighted by molar-refractivity contribution is 5.99. The first-order chi connectivity index (χ1) is 6.77. The third-order valence-electron chi connectivity index (χ3n) is 2.10. The summed E-state index contributed by atoms with van der Waals surface area (Å²) in [4.78, 5) is 0. The van der Waals surface area contributed by atoms with Gasteiger partial charge in [-0.05, 0) is 17.7 Å². The molecule has 3 heteroatoms. The van der Waals surface area contributed by atoms with Gasteiger partial charge in [0, 0.05) is 17.5 Å². The van der Waals surface area contributed by atoms with Gasteiger partial charge < -0.3 is 11.1 Å². The Labute approximate surface area is 82.4 Å². The van der Waals surface area contributed by atoms with Crippen LogP contribution >= 0.6 is 0 Å². The molecule has 1 aliphatic rings. The Morgan fingerprint density at radius 1 is 1.21 bits per heavy atom. The zero-order chi connectivity index (χ0) is 9.97. The van der Waals surface area contributed by atoms with E-state index in [1.165, 1.54) is 0 Å². The molecule has 0 saturated carbocycles. The minimum atomic E-state index is 0.0709.